The van der Waals surface area contributed by atoms with Crippen LogP contribution in [0, 0.1) is 13.8 Å². The average Bonchev–Trinajstić information content (AvgIpc) is 3.46. The summed E-state index contributed by atoms with van der Waals surface area (Å²) in [5.74, 6) is -0.524. The molecule has 1 atom stereocenters. The number of methoxy groups -OCH3 is 3. The molecule has 0 bridgehead atoms. The fourth-order valence-electron chi connectivity index (χ4n) is 4.76. The molecule has 5 rings (SSSR count). The third-order valence-corrected chi connectivity index (χ3v) is 7.55. The summed E-state index contributed by atoms with van der Waals surface area (Å²) in [6, 6.07) is 14.8. The molecule has 4 aromatic rings. The number of fused-ring (bicyclic) bond motifs is 1. The van der Waals surface area contributed by atoms with Gasteiger partial charge in [0.15, 0.2) is 5.13 Å². The summed E-state index contributed by atoms with van der Waals surface area (Å²) in [5, 5.41) is 11.8. The average molecular weight is 531 g/mol. The highest BCUT2D eigenvalue weighted by Crippen LogP contribution is 2.47. The van der Waals surface area contributed by atoms with E-state index in [9.17, 15) is 14.7 Å². The summed E-state index contributed by atoms with van der Waals surface area (Å²) >= 11 is 1.31. The van der Waals surface area contributed by atoms with Crippen LogP contribution in [-0.4, -0.2) is 43.1 Å². The monoisotopic (exact) mass is 530 g/mol. The molecular weight excluding hydrogens is 504 g/mol. The van der Waals surface area contributed by atoms with Gasteiger partial charge in [0.25, 0.3) is 5.78 Å². The van der Waals surface area contributed by atoms with E-state index in [4.69, 9.17) is 19.2 Å². The van der Waals surface area contributed by atoms with Crippen molar-refractivity contribution < 1.29 is 28.9 Å². The molecule has 0 aliphatic carbocycles. The molecule has 1 aromatic heterocycles. The highest BCUT2D eigenvalue weighted by molar-refractivity contribution is 7.22. The predicted octanol–water partition coefficient (Wildman–Crippen LogP) is 5.57. The van der Waals surface area contributed by atoms with Crippen LogP contribution in [0.5, 0.6) is 17.2 Å². The van der Waals surface area contributed by atoms with Gasteiger partial charge in [-0.3, -0.25) is 14.5 Å². The van der Waals surface area contributed by atoms with Gasteiger partial charge in [0.05, 0.1) is 37.1 Å². The summed E-state index contributed by atoms with van der Waals surface area (Å²) in [4.78, 5) is 33.3. The maximum Gasteiger partial charge on any atom is 0.301 e. The van der Waals surface area contributed by atoms with Gasteiger partial charge in [0, 0.05) is 11.1 Å². The van der Waals surface area contributed by atoms with Gasteiger partial charge >= 0.3 is 5.91 Å². The fourth-order valence-corrected chi connectivity index (χ4v) is 5.93. The second-order valence-corrected chi connectivity index (χ2v) is 9.94. The van der Waals surface area contributed by atoms with Crippen LogP contribution in [0.3, 0.4) is 0 Å². The van der Waals surface area contributed by atoms with E-state index in [0.717, 1.165) is 21.3 Å². The Hall–Kier alpha value is -4.37. The third-order valence-electron chi connectivity index (χ3n) is 6.54. The molecule has 8 nitrogen and oxygen atoms in total. The molecule has 2 heterocycles. The van der Waals surface area contributed by atoms with Crippen LogP contribution in [0.1, 0.15) is 28.3 Å². The molecule has 1 N–H and O–H groups in total. The Kier molecular flexibility index (Phi) is 6.54. The fraction of sp³-hybridized carbons (Fsp3) is 0.207. The van der Waals surface area contributed by atoms with Crippen molar-refractivity contribution in [3.05, 3.63) is 82.4 Å². The number of hydrogen-bond acceptors (Lipinski definition) is 8. The Morgan fingerprint density at radius 1 is 0.947 bits per heavy atom. The zero-order valence-corrected chi connectivity index (χ0v) is 22.4. The number of ether oxygens (including phenoxy) is 3. The van der Waals surface area contributed by atoms with Gasteiger partial charge < -0.3 is 19.3 Å². The van der Waals surface area contributed by atoms with Crippen LogP contribution >= 0.6 is 11.3 Å². The second kappa shape index (κ2) is 9.83. The van der Waals surface area contributed by atoms with Crippen molar-refractivity contribution in [2.75, 3.05) is 26.2 Å². The van der Waals surface area contributed by atoms with Crippen molar-refractivity contribution >= 4 is 44.1 Å². The quantitative estimate of drug-likeness (QED) is 0.198. The topological polar surface area (TPSA) is 98.2 Å². The summed E-state index contributed by atoms with van der Waals surface area (Å²) in [6.45, 7) is 3.95. The van der Waals surface area contributed by atoms with E-state index in [-0.39, 0.29) is 11.3 Å². The molecule has 38 heavy (non-hydrogen) atoms. The van der Waals surface area contributed by atoms with Crippen molar-refractivity contribution in [2.45, 2.75) is 19.9 Å². The molecular formula is C29H26N2O6S. The number of nitrogens with zero attached hydrogens (tertiary/aromatic N) is 2. The Morgan fingerprint density at radius 3 is 2.39 bits per heavy atom. The first-order valence-electron chi connectivity index (χ1n) is 11.8. The van der Waals surface area contributed by atoms with Gasteiger partial charge in [-0.1, -0.05) is 29.5 Å². The van der Waals surface area contributed by atoms with Crippen molar-refractivity contribution in [3.63, 3.8) is 0 Å². The number of amides is 1. The largest absolute Gasteiger partial charge is 0.507 e. The van der Waals surface area contributed by atoms with E-state index in [1.54, 1.807) is 42.5 Å². The number of ketones is 1. The number of aryl methyl sites for hydroxylation is 2. The first-order valence-corrected chi connectivity index (χ1v) is 12.6. The Bertz CT molecular complexity index is 1620. The Labute approximate surface area is 223 Å². The lowest BCUT2D eigenvalue weighted by Crippen LogP contribution is -2.29. The minimum Gasteiger partial charge on any atom is -0.507 e. The lowest BCUT2D eigenvalue weighted by molar-refractivity contribution is -0.132. The Balaban J connectivity index is 1.80. The molecule has 1 aliphatic rings. The van der Waals surface area contributed by atoms with Gasteiger partial charge in [-0.2, -0.15) is 0 Å². The molecule has 3 aromatic carbocycles. The summed E-state index contributed by atoms with van der Waals surface area (Å²) in [5.41, 5.74) is 3.51. The van der Waals surface area contributed by atoms with Gasteiger partial charge in [-0.15, -0.1) is 0 Å². The zero-order valence-electron chi connectivity index (χ0n) is 21.6. The van der Waals surface area contributed by atoms with Gasteiger partial charge in [-0.05, 0) is 61.4 Å². The maximum absolute atomic E-state index is 13.6. The second-order valence-electron chi connectivity index (χ2n) is 8.93. The molecule has 0 unspecified atom stereocenters. The molecule has 0 radical (unpaired) electrons. The lowest BCUT2D eigenvalue weighted by atomic mass is 9.94. The van der Waals surface area contributed by atoms with Gasteiger partial charge in [0.2, 0.25) is 0 Å². The number of Topliss-reactive ketones (excluding diaryl/α,β-unsaturated/α-hetero) is 1. The molecule has 0 spiro atoms. The van der Waals surface area contributed by atoms with Crippen LogP contribution in [0.25, 0.3) is 16.0 Å². The maximum atomic E-state index is 13.6. The number of aliphatic hydroxyl groups excluding tert-OH is 1. The molecule has 0 saturated carbocycles. The van der Waals surface area contributed by atoms with Crippen molar-refractivity contribution in [2.24, 2.45) is 0 Å². The number of rotatable bonds is 6. The van der Waals surface area contributed by atoms with E-state index in [2.05, 4.69) is 0 Å². The van der Waals surface area contributed by atoms with Crippen LogP contribution in [0.15, 0.2) is 60.2 Å². The summed E-state index contributed by atoms with van der Waals surface area (Å²) < 4.78 is 17.3. The number of benzene rings is 3. The van der Waals surface area contributed by atoms with Crippen LogP contribution in [0.2, 0.25) is 0 Å². The molecule has 9 heteroatoms. The minimum absolute atomic E-state index is 0.0815. The molecule has 194 valence electrons. The number of anilines is 1. The van der Waals surface area contributed by atoms with E-state index in [1.807, 2.05) is 26.0 Å². The SMILES string of the molecule is COc1cccc(/C(O)=C2\C(=O)C(=O)N(c3nc4c(C)cc(C)cc4s3)[C@@H]2c2cc(OC)ccc2OC)c1. The highest BCUT2D eigenvalue weighted by Gasteiger charge is 2.49. The minimum atomic E-state index is -1.02. The van der Waals surface area contributed by atoms with Crippen LogP contribution < -0.4 is 19.1 Å². The van der Waals surface area contributed by atoms with Crippen molar-refractivity contribution in [1.82, 2.24) is 4.98 Å². The number of aromatic nitrogens is 1. The zero-order chi connectivity index (χ0) is 27.1. The van der Waals surface area contributed by atoms with Crippen LogP contribution in [-0.2, 0) is 9.59 Å². The number of carbonyl (C=O) groups is 2. The molecule has 1 saturated heterocycles. The van der Waals surface area contributed by atoms with E-state index < -0.39 is 17.7 Å². The lowest BCUT2D eigenvalue weighted by Gasteiger charge is -2.25. The van der Waals surface area contributed by atoms with Crippen molar-refractivity contribution in [3.8, 4) is 17.2 Å². The molecule has 1 fully saturated rings. The Morgan fingerprint density at radius 2 is 1.68 bits per heavy atom. The highest BCUT2D eigenvalue weighted by atomic mass is 32.1. The van der Waals surface area contributed by atoms with E-state index in [0.29, 0.717) is 33.5 Å². The third kappa shape index (κ3) is 4.14. The number of thiazole rings is 1. The standard InChI is InChI=1S/C29H26N2O6S/c1-15-11-16(2)24-22(12-15)38-29(30-24)31-25(20-14-19(36-4)9-10-21(20)37-5)23(27(33)28(31)34)26(32)17-7-6-8-18(13-17)35-3/h6-14,25,32H,1-5H3/b26-23+/t25-/m1/s1. The summed E-state index contributed by atoms with van der Waals surface area (Å²) in [7, 11) is 4.54. The predicted molar refractivity (Wildman–Crippen MR) is 146 cm³/mol. The van der Waals surface area contributed by atoms with E-state index in [1.165, 1.54) is 37.6 Å². The van der Waals surface area contributed by atoms with E-state index >= 15 is 0 Å². The number of hydrogen-bond donors (Lipinski definition) is 1. The van der Waals surface area contributed by atoms with Crippen LogP contribution in [0.4, 0.5) is 5.13 Å². The first-order chi connectivity index (χ1) is 18.3. The molecule has 1 aliphatic heterocycles. The summed E-state index contributed by atoms with van der Waals surface area (Å²) in [6.07, 6.45) is 0. The van der Waals surface area contributed by atoms with Crippen molar-refractivity contribution in [1.29, 1.82) is 0 Å². The number of carbonyl (C=O) groups excluding carboxylic acids is 2. The normalized spacial score (nSPS) is 16.8. The smallest absolute Gasteiger partial charge is 0.301 e. The molecule has 1 amide bonds. The van der Waals surface area contributed by atoms with Gasteiger partial charge in [0.1, 0.15) is 29.0 Å². The van der Waals surface area contributed by atoms with Gasteiger partial charge in [-0.25, -0.2) is 4.98 Å². The number of aliphatic hydroxyl groups is 1. The first kappa shape index (κ1) is 25.3.